The molecule has 92 valence electrons. The monoisotopic (exact) mass is 236 g/mol. The first-order chi connectivity index (χ1) is 8.22. The number of hydrogen-bond acceptors (Lipinski definition) is 5. The molecule has 3 unspecified atom stereocenters. The third kappa shape index (κ3) is 2.59. The van der Waals surface area contributed by atoms with Gasteiger partial charge in [0.05, 0.1) is 30.1 Å². The van der Waals surface area contributed by atoms with Gasteiger partial charge in [0.1, 0.15) is 0 Å². The average molecular weight is 236 g/mol. The second-order valence-corrected chi connectivity index (χ2v) is 4.02. The molecular formula is C11H16N4O2. The number of nitrogens with zero attached hydrogens (tertiary/aromatic N) is 2. The Morgan fingerprint density at radius 3 is 3.06 bits per heavy atom. The van der Waals surface area contributed by atoms with Crippen LogP contribution in [-0.4, -0.2) is 40.9 Å². The minimum absolute atomic E-state index is 0.0220. The van der Waals surface area contributed by atoms with Crippen LogP contribution < -0.4 is 11.1 Å². The summed E-state index contributed by atoms with van der Waals surface area (Å²) in [6.45, 7) is 2.55. The molecule has 0 aromatic carbocycles. The van der Waals surface area contributed by atoms with E-state index in [1.807, 2.05) is 6.92 Å². The van der Waals surface area contributed by atoms with E-state index in [1.165, 1.54) is 12.4 Å². The zero-order chi connectivity index (χ0) is 12.3. The molecular weight excluding hydrogens is 220 g/mol. The SMILES string of the molecule is CCOC1CC(N)C1NC(=O)c1ccnnc1. The Morgan fingerprint density at radius 2 is 2.47 bits per heavy atom. The van der Waals surface area contributed by atoms with Gasteiger partial charge in [0.25, 0.3) is 5.91 Å². The summed E-state index contributed by atoms with van der Waals surface area (Å²) < 4.78 is 5.47. The molecule has 1 aromatic rings. The van der Waals surface area contributed by atoms with Gasteiger partial charge in [-0.25, -0.2) is 0 Å². The van der Waals surface area contributed by atoms with E-state index < -0.39 is 0 Å². The predicted molar refractivity (Wildman–Crippen MR) is 61.3 cm³/mol. The summed E-state index contributed by atoms with van der Waals surface area (Å²) in [6.07, 6.45) is 3.71. The maximum Gasteiger partial charge on any atom is 0.253 e. The molecule has 6 heteroatoms. The van der Waals surface area contributed by atoms with Crippen LogP contribution >= 0.6 is 0 Å². The number of carbonyl (C=O) groups is 1. The molecule has 0 radical (unpaired) electrons. The molecule has 1 aliphatic rings. The summed E-state index contributed by atoms with van der Waals surface area (Å²) in [5.41, 5.74) is 6.33. The van der Waals surface area contributed by atoms with Crippen molar-refractivity contribution in [1.29, 1.82) is 0 Å². The van der Waals surface area contributed by atoms with Crippen molar-refractivity contribution >= 4 is 5.91 Å². The Bertz CT molecular complexity index is 382. The highest BCUT2D eigenvalue weighted by Gasteiger charge is 2.40. The molecule has 1 amide bonds. The number of amides is 1. The molecule has 0 saturated heterocycles. The van der Waals surface area contributed by atoms with Crippen molar-refractivity contribution in [3.8, 4) is 0 Å². The molecule has 1 aliphatic carbocycles. The van der Waals surface area contributed by atoms with Crippen LogP contribution in [0.2, 0.25) is 0 Å². The van der Waals surface area contributed by atoms with Crippen LogP contribution in [0.1, 0.15) is 23.7 Å². The third-order valence-electron chi connectivity index (χ3n) is 2.89. The summed E-state index contributed by atoms with van der Waals surface area (Å²) in [5, 5.41) is 10.1. The molecule has 1 aromatic heterocycles. The zero-order valence-corrected chi connectivity index (χ0v) is 9.67. The maximum absolute atomic E-state index is 11.9. The summed E-state index contributed by atoms with van der Waals surface area (Å²) in [6, 6.07) is 1.46. The van der Waals surface area contributed by atoms with Gasteiger partial charge in [-0.05, 0) is 19.4 Å². The Balaban J connectivity index is 1.94. The Hall–Kier alpha value is -1.53. The summed E-state index contributed by atoms with van der Waals surface area (Å²) in [4.78, 5) is 11.9. The molecule has 1 fully saturated rings. The lowest BCUT2D eigenvalue weighted by Crippen LogP contribution is -2.64. The Kier molecular flexibility index (Phi) is 3.65. The first-order valence-corrected chi connectivity index (χ1v) is 5.67. The van der Waals surface area contributed by atoms with E-state index in [0.717, 1.165) is 6.42 Å². The minimum Gasteiger partial charge on any atom is -0.376 e. The van der Waals surface area contributed by atoms with Crippen molar-refractivity contribution < 1.29 is 9.53 Å². The molecule has 6 nitrogen and oxygen atoms in total. The fraction of sp³-hybridized carbons (Fsp3) is 0.545. The molecule has 0 spiro atoms. The van der Waals surface area contributed by atoms with Crippen LogP contribution in [0.3, 0.4) is 0 Å². The highest BCUT2D eigenvalue weighted by atomic mass is 16.5. The molecule has 17 heavy (non-hydrogen) atoms. The van der Waals surface area contributed by atoms with Crippen molar-refractivity contribution in [2.75, 3.05) is 6.61 Å². The lowest BCUT2D eigenvalue weighted by molar-refractivity contribution is -0.0300. The molecule has 0 bridgehead atoms. The lowest BCUT2D eigenvalue weighted by atomic mass is 9.83. The molecule has 3 atom stereocenters. The van der Waals surface area contributed by atoms with Gasteiger partial charge in [0.2, 0.25) is 0 Å². The van der Waals surface area contributed by atoms with Gasteiger partial charge in [-0.2, -0.15) is 10.2 Å². The van der Waals surface area contributed by atoms with E-state index >= 15 is 0 Å². The van der Waals surface area contributed by atoms with Crippen molar-refractivity contribution in [1.82, 2.24) is 15.5 Å². The van der Waals surface area contributed by atoms with E-state index in [-0.39, 0.29) is 24.1 Å². The predicted octanol–water partition coefficient (Wildman–Crippen LogP) is -0.289. The number of rotatable bonds is 4. The normalized spacial score (nSPS) is 27.3. The topological polar surface area (TPSA) is 90.1 Å². The third-order valence-corrected chi connectivity index (χ3v) is 2.89. The van der Waals surface area contributed by atoms with Gasteiger partial charge >= 0.3 is 0 Å². The molecule has 0 aliphatic heterocycles. The summed E-state index contributed by atoms with van der Waals surface area (Å²) in [5.74, 6) is -0.190. The smallest absolute Gasteiger partial charge is 0.253 e. The number of carbonyl (C=O) groups excluding carboxylic acids is 1. The molecule has 1 saturated carbocycles. The number of aromatic nitrogens is 2. The van der Waals surface area contributed by atoms with E-state index in [9.17, 15) is 4.79 Å². The number of nitrogens with one attached hydrogen (secondary N) is 1. The van der Waals surface area contributed by atoms with Crippen LogP contribution in [0.15, 0.2) is 18.5 Å². The quantitative estimate of drug-likeness (QED) is 0.749. The lowest BCUT2D eigenvalue weighted by Gasteiger charge is -2.42. The van der Waals surface area contributed by atoms with Gasteiger partial charge in [-0.1, -0.05) is 0 Å². The van der Waals surface area contributed by atoms with Crippen molar-refractivity contribution in [2.45, 2.75) is 31.5 Å². The number of nitrogens with two attached hydrogens (primary N) is 1. The number of hydrogen-bond donors (Lipinski definition) is 2. The second kappa shape index (κ2) is 5.20. The van der Waals surface area contributed by atoms with E-state index in [0.29, 0.717) is 12.2 Å². The highest BCUT2D eigenvalue weighted by molar-refractivity contribution is 5.94. The van der Waals surface area contributed by atoms with Gasteiger partial charge in [-0.15, -0.1) is 0 Å². The molecule has 3 N–H and O–H groups in total. The van der Waals surface area contributed by atoms with Crippen LogP contribution in [0.25, 0.3) is 0 Å². The maximum atomic E-state index is 11.9. The van der Waals surface area contributed by atoms with Gasteiger partial charge < -0.3 is 15.8 Å². The highest BCUT2D eigenvalue weighted by Crippen LogP contribution is 2.22. The van der Waals surface area contributed by atoms with Crippen LogP contribution in [0, 0.1) is 0 Å². The van der Waals surface area contributed by atoms with E-state index in [2.05, 4.69) is 15.5 Å². The zero-order valence-electron chi connectivity index (χ0n) is 9.67. The van der Waals surface area contributed by atoms with Crippen molar-refractivity contribution in [3.63, 3.8) is 0 Å². The van der Waals surface area contributed by atoms with Gasteiger partial charge in [0, 0.05) is 12.6 Å². The minimum atomic E-state index is -0.190. The van der Waals surface area contributed by atoms with Crippen LogP contribution in [0.4, 0.5) is 0 Å². The fourth-order valence-electron chi connectivity index (χ4n) is 1.89. The van der Waals surface area contributed by atoms with Crippen molar-refractivity contribution in [3.05, 3.63) is 24.0 Å². The van der Waals surface area contributed by atoms with Crippen LogP contribution in [0.5, 0.6) is 0 Å². The summed E-state index contributed by atoms with van der Waals surface area (Å²) in [7, 11) is 0. The van der Waals surface area contributed by atoms with Crippen molar-refractivity contribution in [2.24, 2.45) is 5.73 Å². The fourth-order valence-corrected chi connectivity index (χ4v) is 1.89. The molecule has 2 rings (SSSR count). The average Bonchev–Trinajstić information content (AvgIpc) is 2.36. The first kappa shape index (κ1) is 11.9. The first-order valence-electron chi connectivity index (χ1n) is 5.67. The van der Waals surface area contributed by atoms with Gasteiger partial charge in [0.15, 0.2) is 0 Å². The molecule has 1 heterocycles. The van der Waals surface area contributed by atoms with E-state index in [4.69, 9.17) is 10.5 Å². The Labute approximate surface area is 99.6 Å². The van der Waals surface area contributed by atoms with Gasteiger partial charge in [-0.3, -0.25) is 4.79 Å². The largest absolute Gasteiger partial charge is 0.376 e. The standard InChI is InChI=1S/C11H16N4O2/c1-2-17-9-5-8(12)10(9)15-11(16)7-3-4-13-14-6-7/h3-4,6,8-10H,2,5,12H2,1H3,(H,15,16). The van der Waals surface area contributed by atoms with Crippen LogP contribution in [-0.2, 0) is 4.74 Å². The summed E-state index contributed by atoms with van der Waals surface area (Å²) >= 11 is 0. The Morgan fingerprint density at radius 1 is 1.65 bits per heavy atom. The second-order valence-electron chi connectivity index (χ2n) is 4.02. The number of ether oxygens (including phenoxy) is 1. The van der Waals surface area contributed by atoms with E-state index in [1.54, 1.807) is 6.07 Å².